The standard InChI is InChI=1S/C20H23F3N4O2/c1-26-17(28)15(13-3-2-4-14(11-13)20(21,22)23)16(24)25-18(26)27-8-5-19(6-9-27)7-10-29-12-19/h2-4,11H,5-10,12,24H2,1H3. The summed E-state index contributed by atoms with van der Waals surface area (Å²) in [5.74, 6) is 0.379. The van der Waals surface area contributed by atoms with Gasteiger partial charge in [-0.2, -0.15) is 18.2 Å². The summed E-state index contributed by atoms with van der Waals surface area (Å²) in [6, 6.07) is 4.59. The van der Waals surface area contributed by atoms with Gasteiger partial charge in [0, 0.05) is 26.7 Å². The van der Waals surface area contributed by atoms with Gasteiger partial charge in [0.2, 0.25) is 5.95 Å². The van der Waals surface area contributed by atoms with Gasteiger partial charge in [0.15, 0.2) is 0 Å². The first-order valence-electron chi connectivity index (χ1n) is 9.57. The lowest BCUT2D eigenvalue weighted by Crippen LogP contribution is -2.43. The Morgan fingerprint density at radius 2 is 1.93 bits per heavy atom. The monoisotopic (exact) mass is 408 g/mol. The zero-order valence-corrected chi connectivity index (χ0v) is 16.1. The molecule has 2 aliphatic heterocycles. The van der Waals surface area contributed by atoms with E-state index in [-0.39, 0.29) is 22.4 Å². The number of ether oxygens (including phenoxy) is 1. The highest BCUT2D eigenvalue weighted by atomic mass is 19.4. The van der Waals surface area contributed by atoms with E-state index < -0.39 is 17.3 Å². The van der Waals surface area contributed by atoms with E-state index in [1.807, 2.05) is 4.90 Å². The number of hydrogen-bond acceptors (Lipinski definition) is 5. The zero-order chi connectivity index (χ0) is 20.8. The van der Waals surface area contributed by atoms with Crippen molar-refractivity contribution < 1.29 is 17.9 Å². The quantitative estimate of drug-likeness (QED) is 0.827. The van der Waals surface area contributed by atoms with Crippen molar-refractivity contribution in [2.24, 2.45) is 12.5 Å². The summed E-state index contributed by atoms with van der Waals surface area (Å²) >= 11 is 0. The fourth-order valence-corrected chi connectivity index (χ4v) is 4.24. The van der Waals surface area contributed by atoms with Crippen molar-refractivity contribution in [1.82, 2.24) is 9.55 Å². The number of anilines is 2. The molecule has 0 aliphatic carbocycles. The molecule has 6 nitrogen and oxygen atoms in total. The summed E-state index contributed by atoms with van der Waals surface area (Å²) in [5, 5.41) is 0. The van der Waals surface area contributed by atoms with Crippen LogP contribution in [-0.4, -0.2) is 35.9 Å². The summed E-state index contributed by atoms with van der Waals surface area (Å²) in [5.41, 5.74) is 5.06. The van der Waals surface area contributed by atoms with E-state index in [4.69, 9.17) is 10.5 Å². The van der Waals surface area contributed by atoms with Crippen molar-refractivity contribution in [3.05, 3.63) is 40.2 Å². The summed E-state index contributed by atoms with van der Waals surface area (Å²) < 4.78 is 46.1. The molecular weight excluding hydrogens is 385 g/mol. The molecule has 2 aromatic rings. The minimum Gasteiger partial charge on any atom is -0.383 e. The van der Waals surface area contributed by atoms with E-state index in [1.54, 1.807) is 7.05 Å². The Morgan fingerprint density at radius 1 is 1.21 bits per heavy atom. The van der Waals surface area contributed by atoms with Gasteiger partial charge >= 0.3 is 6.18 Å². The molecule has 0 radical (unpaired) electrons. The number of aromatic nitrogens is 2. The smallest absolute Gasteiger partial charge is 0.383 e. The van der Waals surface area contributed by atoms with Crippen LogP contribution in [0.25, 0.3) is 11.1 Å². The molecule has 9 heteroatoms. The van der Waals surface area contributed by atoms with Crippen LogP contribution in [-0.2, 0) is 18.0 Å². The predicted molar refractivity (Wildman–Crippen MR) is 104 cm³/mol. The molecule has 1 spiro atoms. The number of rotatable bonds is 2. The minimum atomic E-state index is -4.50. The van der Waals surface area contributed by atoms with Crippen molar-refractivity contribution in [2.75, 3.05) is 36.9 Å². The average molecular weight is 408 g/mol. The lowest BCUT2D eigenvalue weighted by Gasteiger charge is -2.39. The molecule has 2 N–H and O–H groups in total. The van der Waals surface area contributed by atoms with Gasteiger partial charge in [-0.1, -0.05) is 12.1 Å². The van der Waals surface area contributed by atoms with Crippen LogP contribution in [0.1, 0.15) is 24.8 Å². The third kappa shape index (κ3) is 3.59. The van der Waals surface area contributed by atoms with Crippen LogP contribution in [0.15, 0.2) is 29.1 Å². The van der Waals surface area contributed by atoms with E-state index in [0.717, 1.165) is 57.7 Å². The summed E-state index contributed by atoms with van der Waals surface area (Å²) in [7, 11) is 1.57. The van der Waals surface area contributed by atoms with Crippen molar-refractivity contribution in [1.29, 1.82) is 0 Å². The van der Waals surface area contributed by atoms with Crippen molar-refractivity contribution >= 4 is 11.8 Å². The Balaban J connectivity index is 1.67. The van der Waals surface area contributed by atoms with Crippen LogP contribution >= 0.6 is 0 Å². The number of benzene rings is 1. The van der Waals surface area contributed by atoms with Crippen LogP contribution in [0.3, 0.4) is 0 Å². The highest BCUT2D eigenvalue weighted by Crippen LogP contribution is 2.40. The summed E-state index contributed by atoms with van der Waals surface area (Å²) in [6.07, 6.45) is -1.57. The maximum absolute atomic E-state index is 13.1. The van der Waals surface area contributed by atoms with Gasteiger partial charge in [-0.25, -0.2) is 0 Å². The predicted octanol–water partition coefficient (Wildman–Crippen LogP) is 3.06. The van der Waals surface area contributed by atoms with Crippen LogP contribution < -0.4 is 16.2 Å². The van der Waals surface area contributed by atoms with Gasteiger partial charge in [0.1, 0.15) is 5.82 Å². The molecule has 156 valence electrons. The molecule has 0 unspecified atom stereocenters. The normalized spacial score (nSPS) is 19.1. The fourth-order valence-electron chi connectivity index (χ4n) is 4.24. The molecule has 1 aromatic heterocycles. The molecule has 0 bridgehead atoms. The molecule has 0 saturated carbocycles. The number of nitrogens with two attached hydrogens (primary N) is 1. The van der Waals surface area contributed by atoms with Crippen LogP contribution in [0.4, 0.5) is 24.9 Å². The first kappa shape index (κ1) is 19.8. The van der Waals surface area contributed by atoms with Gasteiger partial charge in [0.05, 0.1) is 17.7 Å². The Bertz CT molecular complexity index is 971. The first-order valence-corrected chi connectivity index (χ1v) is 9.57. The lowest BCUT2D eigenvalue weighted by molar-refractivity contribution is -0.137. The van der Waals surface area contributed by atoms with Crippen LogP contribution in [0.5, 0.6) is 0 Å². The number of hydrogen-bond donors (Lipinski definition) is 1. The number of halogens is 3. The lowest BCUT2D eigenvalue weighted by atomic mass is 9.78. The van der Waals surface area contributed by atoms with Gasteiger partial charge in [-0.05, 0) is 42.4 Å². The van der Waals surface area contributed by atoms with Crippen molar-refractivity contribution in [2.45, 2.75) is 25.4 Å². The number of nitrogen functional groups attached to an aromatic ring is 1. The minimum absolute atomic E-state index is 0.0139. The Hall–Kier alpha value is -2.55. The molecule has 2 aliphatic rings. The molecule has 1 aromatic carbocycles. The topological polar surface area (TPSA) is 73.4 Å². The van der Waals surface area contributed by atoms with E-state index >= 15 is 0 Å². The second-order valence-electron chi connectivity index (χ2n) is 7.90. The number of nitrogens with zero attached hydrogens (tertiary/aromatic N) is 3. The average Bonchev–Trinajstić information content (AvgIpc) is 3.13. The largest absolute Gasteiger partial charge is 0.416 e. The molecule has 2 saturated heterocycles. The van der Waals surface area contributed by atoms with Crippen molar-refractivity contribution in [3.8, 4) is 11.1 Å². The number of alkyl halides is 3. The van der Waals surface area contributed by atoms with Gasteiger partial charge in [0.25, 0.3) is 5.56 Å². The Morgan fingerprint density at radius 3 is 2.55 bits per heavy atom. The zero-order valence-electron chi connectivity index (χ0n) is 16.1. The van der Waals surface area contributed by atoms with E-state index in [1.165, 1.54) is 16.7 Å². The molecule has 2 fully saturated rings. The third-order valence-corrected chi connectivity index (χ3v) is 6.07. The van der Waals surface area contributed by atoms with Crippen LogP contribution in [0.2, 0.25) is 0 Å². The Labute approximate surface area is 166 Å². The van der Waals surface area contributed by atoms with E-state index in [0.29, 0.717) is 5.95 Å². The molecule has 3 heterocycles. The van der Waals surface area contributed by atoms with Gasteiger partial charge < -0.3 is 15.4 Å². The highest BCUT2D eigenvalue weighted by Gasteiger charge is 2.39. The van der Waals surface area contributed by atoms with E-state index in [9.17, 15) is 18.0 Å². The van der Waals surface area contributed by atoms with E-state index in [2.05, 4.69) is 4.98 Å². The second-order valence-corrected chi connectivity index (χ2v) is 7.90. The molecule has 0 amide bonds. The van der Waals surface area contributed by atoms with Gasteiger partial charge in [-0.15, -0.1) is 0 Å². The third-order valence-electron chi connectivity index (χ3n) is 6.07. The summed E-state index contributed by atoms with van der Waals surface area (Å²) in [6.45, 7) is 3.01. The fraction of sp³-hybridized carbons (Fsp3) is 0.500. The second kappa shape index (κ2) is 7.05. The maximum atomic E-state index is 13.1. The van der Waals surface area contributed by atoms with Crippen LogP contribution in [0, 0.1) is 5.41 Å². The highest BCUT2D eigenvalue weighted by molar-refractivity contribution is 5.74. The maximum Gasteiger partial charge on any atom is 0.416 e. The molecule has 0 atom stereocenters. The molecular formula is C20H23F3N4O2. The van der Waals surface area contributed by atoms with Gasteiger partial charge in [-0.3, -0.25) is 9.36 Å². The SMILES string of the molecule is Cn1c(N2CCC3(CCOC3)CC2)nc(N)c(-c2cccc(C(F)(F)F)c2)c1=O. The summed E-state index contributed by atoms with van der Waals surface area (Å²) in [4.78, 5) is 19.4. The molecule has 29 heavy (non-hydrogen) atoms. The molecule has 4 rings (SSSR count). The number of piperidine rings is 1. The first-order chi connectivity index (χ1) is 13.7. The Kier molecular flexibility index (Phi) is 4.80. The van der Waals surface area contributed by atoms with Crippen molar-refractivity contribution in [3.63, 3.8) is 0 Å².